The summed E-state index contributed by atoms with van der Waals surface area (Å²) in [6.07, 6.45) is 4.89. The summed E-state index contributed by atoms with van der Waals surface area (Å²) < 4.78 is 23.6. The molecule has 0 bridgehead atoms. The highest BCUT2D eigenvalue weighted by Crippen LogP contribution is 2.32. The Kier molecular flexibility index (Phi) is 7.93. The van der Waals surface area contributed by atoms with E-state index < -0.39 is 5.91 Å². The third-order valence-corrected chi connectivity index (χ3v) is 6.47. The van der Waals surface area contributed by atoms with E-state index in [0.29, 0.717) is 35.4 Å². The Morgan fingerprint density at radius 2 is 1.90 bits per heavy atom. The number of carbonyl (C=O) groups excluding carboxylic acids is 2. The fourth-order valence-electron chi connectivity index (χ4n) is 4.54. The number of amides is 2. The zero-order chi connectivity index (χ0) is 27.2. The lowest BCUT2D eigenvalue weighted by Crippen LogP contribution is -2.42. The third kappa shape index (κ3) is 5.96. The maximum Gasteiger partial charge on any atom is 0.290 e. The summed E-state index contributed by atoms with van der Waals surface area (Å²) in [6, 6.07) is 18.3. The molecule has 202 valence electrons. The summed E-state index contributed by atoms with van der Waals surface area (Å²) in [4.78, 5) is 32.7. The molecule has 4 aromatic rings. The van der Waals surface area contributed by atoms with Gasteiger partial charge in [0.2, 0.25) is 11.9 Å². The van der Waals surface area contributed by atoms with Gasteiger partial charge in [0.05, 0.1) is 38.0 Å². The number of furan rings is 1. The Morgan fingerprint density at radius 3 is 2.59 bits per heavy atom. The molecule has 1 saturated heterocycles. The van der Waals surface area contributed by atoms with Crippen LogP contribution in [0.25, 0.3) is 16.9 Å². The molecule has 0 saturated carbocycles. The molecule has 1 fully saturated rings. The highest BCUT2D eigenvalue weighted by atomic mass is 16.5. The monoisotopic (exact) mass is 530 g/mol. The van der Waals surface area contributed by atoms with E-state index in [-0.39, 0.29) is 30.9 Å². The van der Waals surface area contributed by atoms with Crippen molar-refractivity contribution >= 4 is 17.8 Å². The summed E-state index contributed by atoms with van der Waals surface area (Å²) in [5.74, 6) is 0.803. The second kappa shape index (κ2) is 11.9. The van der Waals surface area contributed by atoms with Crippen molar-refractivity contribution in [1.29, 1.82) is 0 Å². The first kappa shape index (κ1) is 26.1. The number of benzene rings is 2. The first-order chi connectivity index (χ1) is 19.1. The minimum absolute atomic E-state index is 0.129. The summed E-state index contributed by atoms with van der Waals surface area (Å²) >= 11 is 0. The maximum atomic E-state index is 13.3. The van der Waals surface area contributed by atoms with Crippen LogP contribution < -0.4 is 14.8 Å². The van der Waals surface area contributed by atoms with Gasteiger partial charge >= 0.3 is 0 Å². The van der Waals surface area contributed by atoms with Crippen molar-refractivity contribution in [3.05, 3.63) is 78.9 Å². The number of nitrogens with zero attached hydrogens (tertiary/aromatic N) is 3. The molecule has 0 unspecified atom stereocenters. The molecule has 39 heavy (non-hydrogen) atoms. The van der Waals surface area contributed by atoms with E-state index in [0.717, 1.165) is 18.4 Å². The van der Waals surface area contributed by atoms with Gasteiger partial charge in [-0.3, -0.25) is 19.5 Å². The summed E-state index contributed by atoms with van der Waals surface area (Å²) in [6.45, 7) is 0.732. The molecule has 2 aromatic heterocycles. The van der Waals surface area contributed by atoms with E-state index in [9.17, 15) is 9.59 Å². The minimum Gasteiger partial charge on any atom is -0.493 e. The van der Waals surface area contributed by atoms with Gasteiger partial charge in [-0.15, -0.1) is 0 Å². The number of anilines is 1. The van der Waals surface area contributed by atoms with E-state index in [1.54, 1.807) is 43.1 Å². The molecule has 0 spiro atoms. The third-order valence-electron chi connectivity index (χ3n) is 6.47. The molecule has 1 aliphatic rings. The van der Waals surface area contributed by atoms with Gasteiger partial charge in [0.15, 0.2) is 17.3 Å². The second-order valence-corrected chi connectivity index (χ2v) is 9.07. The van der Waals surface area contributed by atoms with Crippen LogP contribution in [0, 0.1) is 0 Å². The fraction of sp³-hybridized carbons (Fsp3) is 0.276. The van der Waals surface area contributed by atoms with Crippen LogP contribution in [0.5, 0.6) is 11.5 Å². The zero-order valence-corrected chi connectivity index (χ0v) is 21.8. The van der Waals surface area contributed by atoms with Crippen LogP contribution in [0.3, 0.4) is 0 Å². The standard InChI is InChI=1S/C29H30N4O6/c1-36-24-13-12-21(16-26(24)37-2)33-18-23(20-8-4-3-5-9-20)30-29(33)31-27(34)19-32(17-22-10-6-14-38-22)28(35)25-11-7-15-39-25/h3-5,7-9,11-13,15-16,18,22H,6,10,14,17,19H2,1-2H3,(H,30,31,34)/t22-/m1/s1. The predicted octanol–water partition coefficient (Wildman–Crippen LogP) is 4.41. The van der Waals surface area contributed by atoms with Gasteiger partial charge in [-0.25, -0.2) is 4.98 Å². The molecular weight excluding hydrogens is 500 g/mol. The summed E-state index contributed by atoms with van der Waals surface area (Å²) in [5, 5.41) is 2.90. The van der Waals surface area contributed by atoms with Crippen LogP contribution in [0.15, 0.2) is 77.5 Å². The number of hydrogen-bond acceptors (Lipinski definition) is 7. The highest BCUT2D eigenvalue weighted by molar-refractivity contribution is 5.97. The van der Waals surface area contributed by atoms with Crippen LogP contribution >= 0.6 is 0 Å². The number of rotatable bonds is 10. The number of nitrogens with one attached hydrogen (secondary N) is 1. The Bertz CT molecular complexity index is 1410. The van der Waals surface area contributed by atoms with Crippen molar-refractivity contribution in [3.8, 4) is 28.4 Å². The number of carbonyl (C=O) groups is 2. The van der Waals surface area contributed by atoms with Gasteiger partial charge in [0.25, 0.3) is 5.91 Å². The van der Waals surface area contributed by atoms with E-state index in [1.807, 2.05) is 42.6 Å². The molecule has 10 nitrogen and oxygen atoms in total. The largest absolute Gasteiger partial charge is 0.493 e. The zero-order valence-electron chi connectivity index (χ0n) is 21.8. The van der Waals surface area contributed by atoms with Crippen molar-refractivity contribution < 1.29 is 28.2 Å². The predicted molar refractivity (Wildman–Crippen MR) is 144 cm³/mol. The van der Waals surface area contributed by atoms with Crippen molar-refractivity contribution in [2.24, 2.45) is 0 Å². The number of aromatic nitrogens is 2. The Labute approximate surface area is 226 Å². The first-order valence-corrected chi connectivity index (χ1v) is 12.7. The topological polar surface area (TPSA) is 108 Å². The molecular formula is C29H30N4O6. The second-order valence-electron chi connectivity index (χ2n) is 9.07. The van der Waals surface area contributed by atoms with E-state index in [1.165, 1.54) is 11.2 Å². The number of methoxy groups -OCH3 is 2. The molecule has 1 N–H and O–H groups in total. The van der Waals surface area contributed by atoms with E-state index in [2.05, 4.69) is 5.32 Å². The van der Waals surface area contributed by atoms with E-state index in [4.69, 9.17) is 23.6 Å². The molecule has 5 rings (SSSR count). The lowest BCUT2D eigenvalue weighted by atomic mass is 10.2. The Morgan fingerprint density at radius 1 is 1.08 bits per heavy atom. The van der Waals surface area contributed by atoms with Crippen LogP contribution in [0.2, 0.25) is 0 Å². The Hall–Kier alpha value is -4.57. The molecule has 0 radical (unpaired) electrons. The van der Waals surface area contributed by atoms with Gasteiger partial charge in [-0.1, -0.05) is 30.3 Å². The smallest absolute Gasteiger partial charge is 0.290 e. The van der Waals surface area contributed by atoms with Gasteiger partial charge in [-0.05, 0) is 37.1 Å². The average Bonchev–Trinajstić information content (AvgIpc) is 3.75. The first-order valence-electron chi connectivity index (χ1n) is 12.7. The van der Waals surface area contributed by atoms with Crippen LogP contribution in [0.4, 0.5) is 5.95 Å². The van der Waals surface area contributed by atoms with Crippen LogP contribution in [-0.4, -0.2) is 66.3 Å². The van der Waals surface area contributed by atoms with Crippen molar-refractivity contribution in [2.45, 2.75) is 18.9 Å². The highest BCUT2D eigenvalue weighted by Gasteiger charge is 2.27. The fourth-order valence-corrected chi connectivity index (χ4v) is 4.54. The molecule has 10 heteroatoms. The van der Waals surface area contributed by atoms with Gasteiger partial charge in [0.1, 0.15) is 6.54 Å². The van der Waals surface area contributed by atoms with Crippen molar-refractivity contribution in [1.82, 2.24) is 14.5 Å². The van der Waals surface area contributed by atoms with Crippen LogP contribution in [-0.2, 0) is 9.53 Å². The quantitative estimate of drug-likeness (QED) is 0.324. The molecule has 1 aliphatic heterocycles. The minimum atomic E-state index is -0.403. The molecule has 2 amide bonds. The van der Waals surface area contributed by atoms with Gasteiger partial charge < -0.3 is 23.5 Å². The summed E-state index contributed by atoms with van der Waals surface area (Å²) in [7, 11) is 3.13. The van der Waals surface area contributed by atoms with Crippen LogP contribution in [0.1, 0.15) is 23.4 Å². The normalized spacial score (nSPS) is 14.7. The van der Waals surface area contributed by atoms with Crippen molar-refractivity contribution in [3.63, 3.8) is 0 Å². The molecule has 0 aliphatic carbocycles. The van der Waals surface area contributed by atoms with Gasteiger partial charge in [-0.2, -0.15) is 0 Å². The van der Waals surface area contributed by atoms with E-state index >= 15 is 0 Å². The Balaban J connectivity index is 1.43. The molecule has 2 aromatic carbocycles. The summed E-state index contributed by atoms with van der Waals surface area (Å²) in [5.41, 5.74) is 2.27. The maximum absolute atomic E-state index is 13.3. The molecule has 1 atom stereocenters. The lowest BCUT2D eigenvalue weighted by molar-refractivity contribution is -0.117. The number of hydrogen-bond donors (Lipinski definition) is 1. The number of ether oxygens (including phenoxy) is 3. The average molecular weight is 531 g/mol. The van der Waals surface area contributed by atoms with Crippen molar-refractivity contribution in [2.75, 3.05) is 39.2 Å². The molecule has 3 heterocycles. The SMILES string of the molecule is COc1ccc(-n2cc(-c3ccccc3)nc2NC(=O)CN(C[C@H]2CCCO2)C(=O)c2ccco2)cc1OC. The lowest BCUT2D eigenvalue weighted by Gasteiger charge is -2.24. The number of imidazole rings is 1. The van der Waals surface area contributed by atoms with Gasteiger partial charge in [0, 0.05) is 31.0 Å².